The van der Waals surface area contributed by atoms with Crippen molar-refractivity contribution in [3.63, 3.8) is 0 Å². The molecule has 2 nitrogen and oxygen atoms in total. The molecule has 0 bridgehead atoms. The summed E-state index contributed by atoms with van der Waals surface area (Å²) in [6, 6.07) is 7.44. The van der Waals surface area contributed by atoms with Crippen LogP contribution in [0.25, 0.3) is 10.8 Å². The van der Waals surface area contributed by atoms with Gasteiger partial charge in [0, 0.05) is 10.8 Å². The lowest BCUT2D eigenvalue weighted by molar-refractivity contribution is 0.414. The quantitative estimate of drug-likeness (QED) is 0.746. The monoisotopic (exact) mass is 236 g/mol. The van der Waals surface area contributed by atoms with Crippen molar-refractivity contribution < 1.29 is 9.47 Å². The molecule has 0 unspecified atom stereocenters. The van der Waals surface area contributed by atoms with Crippen LogP contribution in [-0.2, 0) is 0 Å². The van der Waals surface area contributed by atoms with Gasteiger partial charge in [0.25, 0.3) is 0 Å². The van der Waals surface area contributed by atoms with Gasteiger partial charge in [-0.2, -0.15) is 0 Å². The number of hydrogen-bond donors (Lipinski definition) is 0. The van der Waals surface area contributed by atoms with Crippen LogP contribution in [0.1, 0.15) is 11.1 Å². The Morgan fingerprint density at radius 3 is 1.44 bits per heavy atom. The molecule has 0 aliphatic heterocycles. The van der Waals surface area contributed by atoms with E-state index in [1.807, 2.05) is 24.3 Å². The molecule has 2 aromatic rings. The van der Waals surface area contributed by atoms with E-state index in [-0.39, 0.29) is 0 Å². The fourth-order valence-corrected chi connectivity index (χ4v) is 2.02. The Morgan fingerprint density at radius 2 is 1.17 bits per heavy atom. The second kappa shape index (κ2) is 4.73. The molecule has 0 amide bonds. The number of methoxy groups -OCH3 is 2. The van der Waals surface area contributed by atoms with E-state index < -0.39 is 0 Å². The van der Waals surface area contributed by atoms with Crippen LogP contribution < -0.4 is 9.47 Å². The third-order valence-corrected chi connectivity index (χ3v) is 2.82. The van der Waals surface area contributed by atoms with Gasteiger partial charge in [-0.25, -0.2) is 0 Å². The summed E-state index contributed by atoms with van der Waals surface area (Å²) in [5.41, 5.74) is 1.42. The number of rotatable bonds is 2. The van der Waals surface area contributed by atoms with E-state index in [0.29, 0.717) is 22.6 Å². The maximum Gasteiger partial charge on any atom is 0.142 e. The first kappa shape index (κ1) is 11.9. The van der Waals surface area contributed by atoms with E-state index in [9.17, 15) is 0 Å². The first-order valence-electron chi connectivity index (χ1n) is 5.37. The highest BCUT2D eigenvalue weighted by molar-refractivity contribution is 5.96. The lowest BCUT2D eigenvalue weighted by Crippen LogP contribution is -1.94. The van der Waals surface area contributed by atoms with Crippen molar-refractivity contribution in [1.82, 2.24) is 0 Å². The SMILES string of the molecule is C#Cc1ccc2c(OC)c(C#C)ccc2c1OC. The molecule has 0 aromatic heterocycles. The standard InChI is InChI=1S/C16H12O2/c1-5-11-7-9-14-13(15(11)17-3)10-8-12(6-2)16(14)18-4/h1-2,7-10H,3-4H3. The minimum atomic E-state index is 0.664. The lowest BCUT2D eigenvalue weighted by atomic mass is 10.0. The molecule has 0 fully saturated rings. The van der Waals surface area contributed by atoms with Gasteiger partial charge in [-0.15, -0.1) is 12.8 Å². The topological polar surface area (TPSA) is 18.5 Å². The average molecular weight is 236 g/mol. The van der Waals surface area contributed by atoms with Crippen LogP contribution in [0.4, 0.5) is 0 Å². The van der Waals surface area contributed by atoms with E-state index in [1.54, 1.807) is 14.2 Å². The van der Waals surface area contributed by atoms with Gasteiger partial charge in [-0.05, 0) is 24.3 Å². The molecular weight excluding hydrogens is 224 g/mol. The Morgan fingerprint density at radius 1 is 0.778 bits per heavy atom. The van der Waals surface area contributed by atoms with E-state index in [4.69, 9.17) is 22.3 Å². The van der Waals surface area contributed by atoms with Crippen molar-refractivity contribution in [2.24, 2.45) is 0 Å². The fourth-order valence-electron chi connectivity index (χ4n) is 2.02. The van der Waals surface area contributed by atoms with Crippen molar-refractivity contribution in [2.45, 2.75) is 0 Å². The maximum absolute atomic E-state index is 5.45. The highest BCUT2D eigenvalue weighted by Crippen LogP contribution is 2.36. The number of benzene rings is 2. The highest BCUT2D eigenvalue weighted by atomic mass is 16.5. The summed E-state index contributed by atoms with van der Waals surface area (Å²) in [7, 11) is 3.19. The van der Waals surface area contributed by atoms with Crippen LogP contribution >= 0.6 is 0 Å². The Bertz CT molecular complexity index is 624. The Balaban J connectivity index is 2.91. The molecule has 2 heteroatoms. The predicted octanol–water partition coefficient (Wildman–Crippen LogP) is 2.82. The summed E-state index contributed by atoms with van der Waals surface area (Å²) in [6.07, 6.45) is 10.9. The van der Waals surface area contributed by atoms with Crippen LogP contribution in [0.2, 0.25) is 0 Å². The first-order valence-corrected chi connectivity index (χ1v) is 5.37. The largest absolute Gasteiger partial charge is 0.495 e. The summed E-state index contributed by atoms with van der Waals surface area (Å²) in [5.74, 6) is 6.52. The van der Waals surface area contributed by atoms with Crippen LogP contribution in [0.15, 0.2) is 24.3 Å². The number of fused-ring (bicyclic) bond motifs is 1. The zero-order valence-corrected chi connectivity index (χ0v) is 10.3. The molecular formula is C16H12O2. The summed E-state index contributed by atoms with van der Waals surface area (Å²) in [6.45, 7) is 0. The lowest BCUT2D eigenvalue weighted by Gasteiger charge is -2.12. The Hall–Kier alpha value is -2.58. The van der Waals surface area contributed by atoms with Gasteiger partial charge >= 0.3 is 0 Å². The molecule has 0 radical (unpaired) electrons. The van der Waals surface area contributed by atoms with Gasteiger partial charge in [-0.3, -0.25) is 0 Å². The van der Waals surface area contributed by atoms with E-state index in [0.717, 1.165) is 10.8 Å². The van der Waals surface area contributed by atoms with Crippen molar-refractivity contribution in [3.05, 3.63) is 35.4 Å². The van der Waals surface area contributed by atoms with Crippen molar-refractivity contribution >= 4 is 10.8 Å². The van der Waals surface area contributed by atoms with E-state index in [1.165, 1.54) is 0 Å². The summed E-state index contributed by atoms with van der Waals surface area (Å²) in [4.78, 5) is 0. The average Bonchev–Trinajstić information content (AvgIpc) is 2.44. The van der Waals surface area contributed by atoms with Crippen molar-refractivity contribution in [3.8, 4) is 36.2 Å². The molecule has 18 heavy (non-hydrogen) atoms. The second-order valence-corrected chi connectivity index (χ2v) is 3.68. The van der Waals surface area contributed by atoms with E-state index in [2.05, 4.69) is 11.8 Å². The predicted molar refractivity (Wildman–Crippen MR) is 72.9 cm³/mol. The second-order valence-electron chi connectivity index (χ2n) is 3.68. The molecule has 0 saturated carbocycles. The number of ether oxygens (including phenoxy) is 2. The molecule has 0 atom stereocenters. The van der Waals surface area contributed by atoms with Gasteiger partial charge in [0.05, 0.1) is 25.3 Å². The van der Waals surface area contributed by atoms with Crippen LogP contribution in [0.5, 0.6) is 11.5 Å². The van der Waals surface area contributed by atoms with Crippen molar-refractivity contribution in [1.29, 1.82) is 0 Å². The minimum absolute atomic E-state index is 0.664. The molecule has 0 saturated heterocycles. The Labute approximate surface area is 107 Å². The smallest absolute Gasteiger partial charge is 0.142 e. The van der Waals surface area contributed by atoms with Gasteiger partial charge in [0.2, 0.25) is 0 Å². The molecule has 0 spiro atoms. The zero-order chi connectivity index (χ0) is 13.1. The molecule has 88 valence electrons. The normalized spacial score (nSPS) is 9.56. The Kier molecular flexibility index (Phi) is 3.13. The van der Waals surface area contributed by atoms with Gasteiger partial charge < -0.3 is 9.47 Å². The molecule has 0 aliphatic carbocycles. The molecule has 0 heterocycles. The molecule has 0 N–H and O–H groups in total. The summed E-state index contributed by atoms with van der Waals surface area (Å²) < 4.78 is 10.7. The van der Waals surface area contributed by atoms with Gasteiger partial charge in [-0.1, -0.05) is 11.8 Å². The van der Waals surface area contributed by atoms with Gasteiger partial charge in [0.1, 0.15) is 11.5 Å². The zero-order valence-electron chi connectivity index (χ0n) is 10.3. The first-order chi connectivity index (χ1) is 8.76. The maximum atomic E-state index is 5.45. The number of hydrogen-bond acceptors (Lipinski definition) is 2. The highest BCUT2D eigenvalue weighted by Gasteiger charge is 2.12. The minimum Gasteiger partial charge on any atom is -0.495 e. The van der Waals surface area contributed by atoms with Gasteiger partial charge in [0.15, 0.2) is 0 Å². The summed E-state index contributed by atoms with van der Waals surface area (Å²) in [5, 5.41) is 1.78. The third kappa shape index (κ3) is 1.65. The van der Waals surface area contributed by atoms with Crippen LogP contribution in [0.3, 0.4) is 0 Å². The van der Waals surface area contributed by atoms with Crippen LogP contribution in [-0.4, -0.2) is 14.2 Å². The molecule has 0 aliphatic rings. The summed E-state index contributed by atoms with van der Waals surface area (Å²) >= 11 is 0. The van der Waals surface area contributed by atoms with Crippen LogP contribution in [0, 0.1) is 24.7 Å². The van der Waals surface area contributed by atoms with E-state index >= 15 is 0 Å². The number of terminal acetylenes is 2. The molecule has 2 rings (SSSR count). The third-order valence-electron chi connectivity index (χ3n) is 2.82. The fraction of sp³-hybridized carbons (Fsp3) is 0.125. The molecule has 2 aromatic carbocycles. The van der Waals surface area contributed by atoms with Crippen molar-refractivity contribution in [2.75, 3.05) is 14.2 Å².